The van der Waals surface area contributed by atoms with Crippen molar-refractivity contribution in [2.24, 2.45) is 0 Å². The highest BCUT2D eigenvalue weighted by molar-refractivity contribution is 6.30. The Morgan fingerprint density at radius 2 is 1.40 bits per heavy atom. The van der Waals surface area contributed by atoms with Gasteiger partial charge in [-0.3, -0.25) is 4.90 Å². The second kappa shape index (κ2) is 7.58. The van der Waals surface area contributed by atoms with Crippen LogP contribution >= 0.6 is 11.6 Å². The second-order valence-corrected chi connectivity index (χ2v) is 7.25. The number of rotatable bonds is 4. The zero-order valence-corrected chi connectivity index (χ0v) is 15.2. The fourth-order valence-electron chi connectivity index (χ4n) is 3.61. The normalized spacial score (nSPS) is 18.8. The van der Waals surface area contributed by atoms with E-state index in [0.29, 0.717) is 0 Å². The third-order valence-electron chi connectivity index (χ3n) is 5.08. The minimum atomic E-state index is 0.797. The van der Waals surface area contributed by atoms with Gasteiger partial charge in [0.1, 0.15) is 18.0 Å². The van der Waals surface area contributed by atoms with Crippen molar-refractivity contribution in [2.75, 3.05) is 49.1 Å². The van der Waals surface area contributed by atoms with Gasteiger partial charge in [-0.1, -0.05) is 23.7 Å². The third-order valence-corrected chi connectivity index (χ3v) is 5.34. The Balaban J connectivity index is 1.35. The highest BCUT2D eigenvalue weighted by Crippen LogP contribution is 2.22. The van der Waals surface area contributed by atoms with Crippen LogP contribution in [0.3, 0.4) is 0 Å². The molecule has 132 valence electrons. The molecular weight excluding hydrogens is 334 g/mol. The van der Waals surface area contributed by atoms with E-state index in [-0.39, 0.29) is 0 Å². The molecule has 0 bridgehead atoms. The van der Waals surface area contributed by atoms with E-state index < -0.39 is 0 Å². The SMILES string of the molecule is Clc1ccc(CN2CCN(c3cc(N4CCCC4)ncn3)CC2)cc1. The Hall–Kier alpha value is -1.85. The Bertz CT molecular complexity index is 691. The first-order valence-corrected chi connectivity index (χ1v) is 9.44. The average molecular weight is 358 g/mol. The van der Waals surface area contributed by atoms with Crippen LogP contribution in [0.4, 0.5) is 11.6 Å². The van der Waals surface area contributed by atoms with Gasteiger partial charge in [0.15, 0.2) is 0 Å². The van der Waals surface area contributed by atoms with Gasteiger partial charge in [0.05, 0.1) is 0 Å². The lowest BCUT2D eigenvalue weighted by molar-refractivity contribution is 0.249. The molecule has 3 heterocycles. The van der Waals surface area contributed by atoms with E-state index in [4.69, 9.17) is 11.6 Å². The second-order valence-electron chi connectivity index (χ2n) is 6.82. The van der Waals surface area contributed by atoms with Crippen LogP contribution in [0.1, 0.15) is 18.4 Å². The fourth-order valence-corrected chi connectivity index (χ4v) is 3.74. The molecule has 25 heavy (non-hydrogen) atoms. The Kier molecular flexibility index (Phi) is 5.04. The van der Waals surface area contributed by atoms with Gasteiger partial charge in [-0.05, 0) is 30.5 Å². The van der Waals surface area contributed by atoms with Crippen molar-refractivity contribution in [2.45, 2.75) is 19.4 Å². The van der Waals surface area contributed by atoms with Gasteiger partial charge in [-0.2, -0.15) is 0 Å². The van der Waals surface area contributed by atoms with Crippen LogP contribution in [-0.4, -0.2) is 54.1 Å². The van der Waals surface area contributed by atoms with Gasteiger partial charge in [0.2, 0.25) is 0 Å². The van der Waals surface area contributed by atoms with E-state index in [1.165, 1.54) is 18.4 Å². The van der Waals surface area contributed by atoms with Crippen LogP contribution in [0.2, 0.25) is 5.02 Å². The molecule has 0 atom stereocenters. The largest absolute Gasteiger partial charge is 0.356 e. The summed E-state index contributed by atoms with van der Waals surface area (Å²) in [4.78, 5) is 16.2. The number of halogens is 1. The van der Waals surface area contributed by atoms with Crippen LogP contribution in [0.5, 0.6) is 0 Å². The molecule has 2 saturated heterocycles. The van der Waals surface area contributed by atoms with Crippen molar-refractivity contribution in [1.82, 2.24) is 14.9 Å². The molecule has 0 saturated carbocycles. The van der Waals surface area contributed by atoms with Crippen LogP contribution < -0.4 is 9.80 Å². The molecule has 0 spiro atoms. The van der Waals surface area contributed by atoms with E-state index >= 15 is 0 Å². The van der Waals surface area contributed by atoms with Gasteiger partial charge in [-0.25, -0.2) is 9.97 Å². The molecule has 0 N–H and O–H groups in total. The van der Waals surface area contributed by atoms with Crippen LogP contribution in [-0.2, 0) is 6.54 Å². The van der Waals surface area contributed by atoms with Crippen molar-refractivity contribution in [3.63, 3.8) is 0 Å². The summed E-state index contributed by atoms with van der Waals surface area (Å²) >= 11 is 5.97. The van der Waals surface area contributed by atoms with Gasteiger partial charge in [0.25, 0.3) is 0 Å². The van der Waals surface area contributed by atoms with Gasteiger partial charge in [-0.15, -0.1) is 0 Å². The molecule has 6 heteroatoms. The highest BCUT2D eigenvalue weighted by Gasteiger charge is 2.20. The van der Waals surface area contributed by atoms with Crippen LogP contribution in [0.25, 0.3) is 0 Å². The first kappa shape index (κ1) is 16.6. The Morgan fingerprint density at radius 1 is 0.800 bits per heavy atom. The number of aromatic nitrogens is 2. The number of hydrogen-bond donors (Lipinski definition) is 0. The van der Waals surface area contributed by atoms with Crippen LogP contribution in [0.15, 0.2) is 36.7 Å². The lowest BCUT2D eigenvalue weighted by atomic mass is 10.2. The molecular formula is C19H24ClN5. The summed E-state index contributed by atoms with van der Waals surface area (Å²) in [5.41, 5.74) is 1.32. The van der Waals surface area contributed by atoms with Crippen molar-refractivity contribution < 1.29 is 0 Å². The number of hydrogen-bond acceptors (Lipinski definition) is 5. The summed E-state index contributed by atoms with van der Waals surface area (Å²) in [5, 5.41) is 0.797. The molecule has 4 rings (SSSR count). The summed E-state index contributed by atoms with van der Waals surface area (Å²) in [6.45, 7) is 7.32. The first-order valence-electron chi connectivity index (χ1n) is 9.07. The van der Waals surface area contributed by atoms with E-state index in [9.17, 15) is 0 Å². The molecule has 0 aliphatic carbocycles. The maximum atomic E-state index is 5.97. The first-order chi connectivity index (χ1) is 12.3. The maximum Gasteiger partial charge on any atom is 0.134 e. The minimum absolute atomic E-state index is 0.797. The molecule has 1 aromatic carbocycles. The third kappa shape index (κ3) is 4.05. The molecule has 2 fully saturated rings. The molecule has 0 unspecified atom stereocenters. The molecule has 5 nitrogen and oxygen atoms in total. The standard InChI is InChI=1S/C19H24ClN5/c20-17-5-3-16(4-6-17)14-23-9-11-25(12-10-23)19-13-18(21-15-22-19)24-7-1-2-8-24/h3-6,13,15H,1-2,7-12,14H2. The Labute approximate surface area is 154 Å². The molecule has 2 aromatic rings. The summed E-state index contributed by atoms with van der Waals surface area (Å²) in [7, 11) is 0. The van der Waals surface area contributed by atoms with E-state index in [1.54, 1.807) is 6.33 Å². The quantitative estimate of drug-likeness (QED) is 0.840. The highest BCUT2D eigenvalue weighted by atomic mass is 35.5. The molecule has 2 aliphatic rings. The predicted octanol–water partition coefficient (Wildman–Crippen LogP) is 3.05. The zero-order chi connectivity index (χ0) is 17.1. The van der Waals surface area contributed by atoms with E-state index in [2.05, 4.69) is 42.9 Å². The smallest absolute Gasteiger partial charge is 0.134 e. The molecule has 2 aliphatic heterocycles. The van der Waals surface area contributed by atoms with Crippen molar-refractivity contribution >= 4 is 23.2 Å². The average Bonchev–Trinajstić information content (AvgIpc) is 3.19. The monoisotopic (exact) mass is 357 g/mol. The van der Waals surface area contributed by atoms with Gasteiger partial charge >= 0.3 is 0 Å². The van der Waals surface area contributed by atoms with Gasteiger partial charge in [0, 0.05) is 56.9 Å². The number of benzene rings is 1. The minimum Gasteiger partial charge on any atom is -0.356 e. The summed E-state index contributed by atoms with van der Waals surface area (Å²) in [6.07, 6.45) is 4.24. The number of piperazine rings is 1. The molecule has 0 amide bonds. The molecule has 0 radical (unpaired) electrons. The fraction of sp³-hybridized carbons (Fsp3) is 0.474. The molecule has 1 aromatic heterocycles. The van der Waals surface area contributed by atoms with E-state index in [1.807, 2.05) is 12.1 Å². The number of anilines is 2. The maximum absolute atomic E-state index is 5.97. The van der Waals surface area contributed by atoms with Crippen molar-refractivity contribution in [1.29, 1.82) is 0 Å². The van der Waals surface area contributed by atoms with Crippen molar-refractivity contribution in [3.8, 4) is 0 Å². The Morgan fingerprint density at radius 3 is 2.04 bits per heavy atom. The summed E-state index contributed by atoms with van der Waals surface area (Å²) in [6, 6.07) is 10.3. The van der Waals surface area contributed by atoms with Crippen molar-refractivity contribution in [3.05, 3.63) is 47.2 Å². The lowest BCUT2D eigenvalue weighted by Crippen LogP contribution is -2.46. The topological polar surface area (TPSA) is 35.5 Å². The van der Waals surface area contributed by atoms with E-state index in [0.717, 1.165) is 62.5 Å². The zero-order valence-electron chi connectivity index (χ0n) is 14.4. The summed E-state index contributed by atoms with van der Waals surface area (Å²) < 4.78 is 0. The van der Waals surface area contributed by atoms with Crippen LogP contribution in [0, 0.1) is 0 Å². The summed E-state index contributed by atoms with van der Waals surface area (Å²) in [5.74, 6) is 2.13. The number of nitrogens with zero attached hydrogens (tertiary/aromatic N) is 5. The lowest BCUT2D eigenvalue weighted by Gasteiger charge is -2.35. The van der Waals surface area contributed by atoms with Gasteiger partial charge < -0.3 is 9.80 Å². The predicted molar refractivity (Wildman–Crippen MR) is 102 cm³/mol.